The van der Waals surface area contributed by atoms with E-state index in [-0.39, 0.29) is 6.17 Å². The fourth-order valence-corrected chi connectivity index (χ4v) is 9.15. The SMILES string of the molecule is c1ccc(-c2nc3ccccc3c3c2sc2ccc(C4=NC(c5ccccc5)NC(c5cccc(-n6c7ccccc7c7ccccc76)c5)=N4)cc23)cc1. The van der Waals surface area contributed by atoms with Crippen molar-refractivity contribution in [3.63, 3.8) is 0 Å². The normalized spacial score (nSPS) is 14.5. The first kappa shape index (κ1) is 30.7. The second-order valence-electron chi connectivity index (χ2n) is 13.7. The molecule has 11 rings (SSSR count). The molecule has 6 heteroatoms. The maximum atomic E-state index is 5.28. The van der Waals surface area contributed by atoms with Crippen LogP contribution in [0.3, 0.4) is 0 Å². The number of aliphatic imine (C=N–C) groups is 2. The fourth-order valence-electron chi connectivity index (χ4n) is 7.94. The molecule has 0 saturated heterocycles. The Morgan fingerprint density at radius 1 is 0.537 bits per heavy atom. The highest BCUT2D eigenvalue weighted by Gasteiger charge is 2.23. The van der Waals surface area contributed by atoms with Gasteiger partial charge in [0, 0.05) is 54.0 Å². The topological polar surface area (TPSA) is 54.6 Å². The largest absolute Gasteiger partial charge is 0.344 e. The van der Waals surface area contributed by atoms with Gasteiger partial charge in [0.15, 0.2) is 5.84 Å². The molecule has 0 spiro atoms. The number of nitrogens with zero attached hydrogens (tertiary/aromatic N) is 4. The van der Waals surface area contributed by atoms with Crippen molar-refractivity contribution in [3.8, 4) is 16.9 Å². The number of pyridine rings is 1. The van der Waals surface area contributed by atoms with Gasteiger partial charge in [-0.2, -0.15) is 0 Å². The molecule has 1 N–H and O–H groups in total. The minimum absolute atomic E-state index is 0.310. The summed E-state index contributed by atoms with van der Waals surface area (Å²) in [5, 5.41) is 9.72. The molecule has 0 saturated carbocycles. The van der Waals surface area contributed by atoms with Gasteiger partial charge in [0.05, 0.1) is 26.9 Å². The second kappa shape index (κ2) is 12.4. The standard InChI is InChI=1S/C48H31N5S/c1-3-14-30(15-4-1)44-45-43(37-22-7-10-23-39(37)49-44)38-29-33(26-27-42(38)54-45)48-51-46(31-16-5-2-6-17-31)50-47(52-48)32-18-13-19-34(28-32)53-40-24-11-8-20-35(40)36-21-9-12-25-41(36)53/h1-29,46H,(H,50,51,52). The van der Waals surface area contributed by atoms with Crippen molar-refractivity contribution in [1.29, 1.82) is 0 Å². The number of amidine groups is 2. The Kier molecular flexibility index (Phi) is 7.03. The molecular formula is C48H31N5S. The number of fused-ring (bicyclic) bond motifs is 8. The Morgan fingerprint density at radius 3 is 1.98 bits per heavy atom. The van der Waals surface area contributed by atoms with E-state index in [4.69, 9.17) is 15.0 Å². The van der Waals surface area contributed by atoms with E-state index in [0.717, 1.165) is 50.4 Å². The van der Waals surface area contributed by atoms with E-state index in [1.165, 1.54) is 42.0 Å². The maximum Gasteiger partial charge on any atom is 0.159 e. The zero-order valence-electron chi connectivity index (χ0n) is 29.0. The zero-order chi connectivity index (χ0) is 35.6. The van der Waals surface area contributed by atoms with Crippen LogP contribution in [0.1, 0.15) is 22.9 Å². The molecule has 1 atom stereocenters. The van der Waals surface area contributed by atoms with Crippen LogP contribution >= 0.6 is 11.3 Å². The quantitative estimate of drug-likeness (QED) is 0.193. The number of nitrogens with one attached hydrogen (secondary N) is 1. The van der Waals surface area contributed by atoms with E-state index in [0.29, 0.717) is 5.84 Å². The fraction of sp³-hybridized carbons (Fsp3) is 0.0208. The van der Waals surface area contributed by atoms with Crippen LogP contribution < -0.4 is 5.32 Å². The van der Waals surface area contributed by atoms with Crippen molar-refractivity contribution in [3.05, 3.63) is 193 Å². The molecule has 5 nitrogen and oxygen atoms in total. The van der Waals surface area contributed by atoms with Crippen molar-refractivity contribution in [1.82, 2.24) is 14.9 Å². The molecule has 0 radical (unpaired) electrons. The lowest BCUT2D eigenvalue weighted by atomic mass is 10.0. The molecule has 0 bridgehead atoms. The Labute approximate surface area is 315 Å². The summed E-state index contributed by atoms with van der Waals surface area (Å²) in [7, 11) is 0. The number of hydrogen-bond donors (Lipinski definition) is 1. The van der Waals surface area contributed by atoms with Crippen LogP contribution in [0.5, 0.6) is 0 Å². The van der Waals surface area contributed by atoms with E-state index in [2.05, 4.69) is 180 Å². The highest BCUT2D eigenvalue weighted by Crippen LogP contribution is 2.43. The number of aromatic nitrogens is 2. The summed E-state index contributed by atoms with van der Waals surface area (Å²) in [6.07, 6.45) is -0.310. The highest BCUT2D eigenvalue weighted by atomic mass is 32.1. The molecule has 0 aliphatic carbocycles. The van der Waals surface area contributed by atoms with Crippen molar-refractivity contribution in [2.24, 2.45) is 9.98 Å². The maximum absolute atomic E-state index is 5.28. The van der Waals surface area contributed by atoms with Gasteiger partial charge < -0.3 is 9.88 Å². The Bertz CT molecular complexity index is 3090. The van der Waals surface area contributed by atoms with Crippen LogP contribution in [0.25, 0.3) is 69.8 Å². The van der Waals surface area contributed by atoms with Gasteiger partial charge in [0.1, 0.15) is 12.0 Å². The molecule has 1 aliphatic heterocycles. The van der Waals surface area contributed by atoms with E-state index < -0.39 is 0 Å². The first-order chi connectivity index (χ1) is 26.8. The van der Waals surface area contributed by atoms with Crippen molar-refractivity contribution >= 4 is 75.9 Å². The third kappa shape index (κ3) is 4.95. The molecule has 1 aliphatic rings. The summed E-state index contributed by atoms with van der Waals surface area (Å²) in [6.45, 7) is 0. The third-order valence-corrected chi connectivity index (χ3v) is 11.6. The lowest BCUT2D eigenvalue weighted by molar-refractivity contribution is 0.674. The Morgan fingerprint density at radius 2 is 1.20 bits per heavy atom. The average Bonchev–Trinajstić information content (AvgIpc) is 3.80. The molecule has 3 aromatic heterocycles. The Balaban J connectivity index is 1.09. The predicted octanol–water partition coefficient (Wildman–Crippen LogP) is 11.9. The van der Waals surface area contributed by atoms with Crippen molar-refractivity contribution in [2.45, 2.75) is 6.17 Å². The average molecular weight is 710 g/mol. The van der Waals surface area contributed by atoms with Gasteiger partial charge in [0.2, 0.25) is 0 Å². The van der Waals surface area contributed by atoms with Gasteiger partial charge in [-0.15, -0.1) is 11.3 Å². The van der Waals surface area contributed by atoms with Gasteiger partial charge in [-0.1, -0.05) is 127 Å². The van der Waals surface area contributed by atoms with Crippen LogP contribution in [0.15, 0.2) is 186 Å². The lowest BCUT2D eigenvalue weighted by Crippen LogP contribution is -2.33. The monoisotopic (exact) mass is 709 g/mol. The summed E-state index contributed by atoms with van der Waals surface area (Å²) in [4.78, 5) is 15.7. The zero-order valence-corrected chi connectivity index (χ0v) is 29.8. The van der Waals surface area contributed by atoms with Crippen molar-refractivity contribution < 1.29 is 0 Å². The van der Waals surface area contributed by atoms with Gasteiger partial charge in [0.25, 0.3) is 0 Å². The number of hydrogen-bond acceptors (Lipinski definition) is 5. The van der Waals surface area contributed by atoms with Crippen LogP contribution in [-0.2, 0) is 0 Å². The summed E-state index contributed by atoms with van der Waals surface area (Å²) >= 11 is 1.80. The number of benzene rings is 7. The molecule has 7 aromatic carbocycles. The third-order valence-electron chi connectivity index (χ3n) is 10.4. The summed E-state index contributed by atoms with van der Waals surface area (Å²) in [5.41, 5.74) is 9.59. The summed E-state index contributed by atoms with van der Waals surface area (Å²) < 4.78 is 4.74. The summed E-state index contributed by atoms with van der Waals surface area (Å²) in [6, 6.07) is 61.9. The molecule has 254 valence electrons. The lowest BCUT2D eigenvalue weighted by Gasteiger charge is -2.24. The second-order valence-corrected chi connectivity index (χ2v) is 14.7. The molecule has 10 aromatic rings. The first-order valence-corrected chi connectivity index (χ1v) is 19.0. The first-order valence-electron chi connectivity index (χ1n) is 18.1. The minimum Gasteiger partial charge on any atom is -0.344 e. The highest BCUT2D eigenvalue weighted by molar-refractivity contribution is 7.26. The number of para-hydroxylation sites is 3. The molecule has 0 fully saturated rings. The number of rotatable bonds is 5. The van der Waals surface area contributed by atoms with Crippen molar-refractivity contribution in [2.75, 3.05) is 0 Å². The van der Waals surface area contributed by atoms with Gasteiger partial charge in [-0.25, -0.2) is 15.0 Å². The van der Waals surface area contributed by atoms with Gasteiger partial charge in [-0.05, 0) is 54.1 Å². The van der Waals surface area contributed by atoms with Crippen LogP contribution in [-0.4, -0.2) is 21.2 Å². The van der Waals surface area contributed by atoms with E-state index in [1.807, 2.05) is 6.07 Å². The van der Waals surface area contributed by atoms with Gasteiger partial charge >= 0.3 is 0 Å². The van der Waals surface area contributed by atoms with Gasteiger partial charge in [-0.3, -0.25) is 0 Å². The van der Waals surface area contributed by atoms with Crippen LogP contribution in [0.4, 0.5) is 0 Å². The minimum atomic E-state index is -0.310. The molecule has 54 heavy (non-hydrogen) atoms. The molecular weight excluding hydrogens is 679 g/mol. The summed E-state index contributed by atoms with van der Waals surface area (Å²) in [5.74, 6) is 1.48. The smallest absolute Gasteiger partial charge is 0.159 e. The molecule has 1 unspecified atom stereocenters. The van der Waals surface area contributed by atoms with E-state index in [1.54, 1.807) is 11.3 Å². The van der Waals surface area contributed by atoms with Crippen LogP contribution in [0.2, 0.25) is 0 Å². The number of thiophene rings is 1. The molecule has 0 amide bonds. The predicted molar refractivity (Wildman–Crippen MR) is 226 cm³/mol. The van der Waals surface area contributed by atoms with E-state index in [9.17, 15) is 0 Å². The Hall–Kier alpha value is -6.89. The molecule has 4 heterocycles. The van der Waals surface area contributed by atoms with E-state index >= 15 is 0 Å². The van der Waals surface area contributed by atoms with Crippen LogP contribution in [0, 0.1) is 0 Å².